The molecule has 0 saturated carbocycles. The molecule has 7 nitrogen and oxygen atoms in total. The Hall–Kier alpha value is -4.08. The highest BCUT2D eigenvalue weighted by Crippen LogP contribution is 2.38. The first-order valence-electron chi connectivity index (χ1n) is 10.8. The van der Waals surface area contributed by atoms with Gasteiger partial charge in [0.15, 0.2) is 5.76 Å². The first-order valence-corrected chi connectivity index (χ1v) is 12.4. The lowest BCUT2D eigenvalue weighted by Crippen LogP contribution is -2.32. The molecular formula is C27H18BrN3O4S. The maximum atomic E-state index is 13.5. The monoisotopic (exact) mass is 559 g/mol. The zero-order valence-corrected chi connectivity index (χ0v) is 21.0. The number of carbonyl (C=O) groups is 3. The third-order valence-electron chi connectivity index (χ3n) is 5.23. The number of para-hydroxylation sites is 1. The van der Waals surface area contributed by atoms with E-state index in [4.69, 9.17) is 4.42 Å². The van der Waals surface area contributed by atoms with Gasteiger partial charge in [0, 0.05) is 20.7 Å². The van der Waals surface area contributed by atoms with E-state index in [-0.39, 0.29) is 22.3 Å². The summed E-state index contributed by atoms with van der Waals surface area (Å²) in [5, 5.41) is 5.90. The Morgan fingerprint density at radius 3 is 2.33 bits per heavy atom. The molecule has 0 spiro atoms. The molecule has 0 radical (unpaired) electrons. The van der Waals surface area contributed by atoms with Crippen LogP contribution in [-0.4, -0.2) is 17.7 Å². The van der Waals surface area contributed by atoms with E-state index in [0.717, 1.165) is 21.1 Å². The number of anilines is 3. The van der Waals surface area contributed by atoms with Crippen molar-refractivity contribution >= 4 is 62.5 Å². The Kier molecular flexibility index (Phi) is 6.75. The molecule has 0 saturated heterocycles. The number of thioether (sulfide) groups is 1. The first kappa shape index (κ1) is 23.7. The molecule has 0 aliphatic carbocycles. The summed E-state index contributed by atoms with van der Waals surface area (Å²) in [6, 6.07) is 26.3. The molecule has 2 heterocycles. The van der Waals surface area contributed by atoms with Crippen LogP contribution in [-0.2, 0) is 9.59 Å². The Balaban J connectivity index is 1.46. The number of imide groups is 1. The first-order chi connectivity index (χ1) is 17.5. The average molecular weight is 560 g/mol. The quantitative estimate of drug-likeness (QED) is 0.259. The van der Waals surface area contributed by atoms with E-state index >= 15 is 0 Å². The van der Waals surface area contributed by atoms with Crippen LogP contribution in [0.1, 0.15) is 10.6 Å². The van der Waals surface area contributed by atoms with E-state index in [1.807, 2.05) is 30.3 Å². The number of halogens is 1. The van der Waals surface area contributed by atoms with Crippen LogP contribution in [0.3, 0.4) is 0 Å². The van der Waals surface area contributed by atoms with Crippen molar-refractivity contribution in [1.29, 1.82) is 0 Å². The van der Waals surface area contributed by atoms with Gasteiger partial charge in [0.2, 0.25) is 0 Å². The normalized spacial score (nSPS) is 13.3. The molecule has 5 rings (SSSR count). The maximum absolute atomic E-state index is 13.5. The van der Waals surface area contributed by atoms with Gasteiger partial charge in [-0.15, -0.1) is 0 Å². The molecule has 9 heteroatoms. The van der Waals surface area contributed by atoms with Gasteiger partial charge in [-0.1, -0.05) is 52.0 Å². The highest BCUT2D eigenvalue weighted by Gasteiger charge is 2.40. The molecule has 2 N–H and O–H groups in total. The topological polar surface area (TPSA) is 91.7 Å². The van der Waals surface area contributed by atoms with E-state index in [1.54, 1.807) is 60.7 Å². The van der Waals surface area contributed by atoms with Gasteiger partial charge >= 0.3 is 0 Å². The van der Waals surface area contributed by atoms with Crippen molar-refractivity contribution in [1.82, 2.24) is 0 Å². The lowest BCUT2D eigenvalue weighted by Gasteiger charge is -2.15. The number of hydrogen-bond acceptors (Lipinski definition) is 6. The highest BCUT2D eigenvalue weighted by atomic mass is 79.9. The molecule has 1 aliphatic rings. The summed E-state index contributed by atoms with van der Waals surface area (Å²) in [4.78, 5) is 41.4. The lowest BCUT2D eigenvalue weighted by molar-refractivity contribution is -0.120. The van der Waals surface area contributed by atoms with Crippen LogP contribution >= 0.6 is 27.7 Å². The summed E-state index contributed by atoms with van der Waals surface area (Å²) in [6.45, 7) is 0. The van der Waals surface area contributed by atoms with Crippen molar-refractivity contribution < 1.29 is 18.8 Å². The standard InChI is InChI=1S/C27H18BrN3O4S/c28-17-11-13-18(14-12-17)29-23-24(27(34)31(26(23)33)20-7-2-1-3-8-20)36-21-9-4-6-19(16-21)30-25(32)22-10-5-15-35-22/h1-16,29H,(H,30,32). The minimum atomic E-state index is -0.445. The highest BCUT2D eigenvalue weighted by molar-refractivity contribution is 9.10. The van der Waals surface area contributed by atoms with E-state index in [2.05, 4.69) is 26.6 Å². The summed E-state index contributed by atoms with van der Waals surface area (Å²) in [6.07, 6.45) is 1.43. The number of rotatable bonds is 7. The van der Waals surface area contributed by atoms with Crippen LogP contribution in [0, 0.1) is 0 Å². The molecule has 0 unspecified atom stereocenters. The maximum Gasteiger partial charge on any atom is 0.291 e. The van der Waals surface area contributed by atoms with E-state index in [9.17, 15) is 14.4 Å². The van der Waals surface area contributed by atoms with E-state index in [0.29, 0.717) is 22.0 Å². The van der Waals surface area contributed by atoms with E-state index < -0.39 is 11.8 Å². The molecule has 178 valence electrons. The zero-order valence-electron chi connectivity index (χ0n) is 18.6. The SMILES string of the molecule is O=C(Nc1cccc(SC2=C(Nc3ccc(Br)cc3)C(=O)N(c3ccccc3)C2=O)c1)c1ccco1. The lowest BCUT2D eigenvalue weighted by atomic mass is 10.3. The number of carbonyl (C=O) groups excluding carboxylic acids is 3. The van der Waals surface area contributed by atoms with Gasteiger partial charge in [0.1, 0.15) is 10.6 Å². The molecule has 0 fully saturated rings. The Labute approximate surface area is 219 Å². The van der Waals surface area contributed by atoms with Crippen LogP contribution in [0.5, 0.6) is 0 Å². The van der Waals surface area contributed by atoms with Gasteiger partial charge in [-0.3, -0.25) is 14.4 Å². The molecule has 1 aromatic heterocycles. The molecule has 1 aliphatic heterocycles. The molecule has 3 amide bonds. The summed E-state index contributed by atoms with van der Waals surface area (Å²) >= 11 is 4.55. The number of benzene rings is 3. The van der Waals surface area contributed by atoms with Crippen molar-refractivity contribution in [2.45, 2.75) is 4.90 Å². The second-order valence-electron chi connectivity index (χ2n) is 7.68. The number of hydrogen-bond donors (Lipinski definition) is 2. The van der Waals surface area contributed by atoms with Gasteiger partial charge in [0.05, 0.1) is 12.0 Å². The van der Waals surface area contributed by atoms with Gasteiger partial charge < -0.3 is 15.1 Å². The fraction of sp³-hybridized carbons (Fsp3) is 0. The van der Waals surface area contributed by atoms with Crippen molar-refractivity contribution in [3.63, 3.8) is 0 Å². The minimum absolute atomic E-state index is 0.182. The second kappa shape index (κ2) is 10.3. The largest absolute Gasteiger partial charge is 0.459 e. The molecule has 36 heavy (non-hydrogen) atoms. The predicted molar refractivity (Wildman–Crippen MR) is 143 cm³/mol. The van der Waals surface area contributed by atoms with Crippen LogP contribution in [0.4, 0.5) is 17.1 Å². The van der Waals surface area contributed by atoms with Gasteiger partial charge in [-0.05, 0) is 66.7 Å². The van der Waals surface area contributed by atoms with Crippen LogP contribution < -0.4 is 15.5 Å². The fourth-order valence-corrected chi connectivity index (χ4v) is 4.81. The summed E-state index contributed by atoms with van der Waals surface area (Å²) < 4.78 is 6.03. The van der Waals surface area contributed by atoms with Gasteiger partial charge in [0.25, 0.3) is 17.7 Å². The second-order valence-corrected chi connectivity index (χ2v) is 9.68. The van der Waals surface area contributed by atoms with Gasteiger partial charge in [-0.2, -0.15) is 0 Å². The fourth-order valence-electron chi connectivity index (χ4n) is 3.56. The van der Waals surface area contributed by atoms with Crippen LogP contribution in [0.25, 0.3) is 0 Å². The van der Waals surface area contributed by atoms with Crippen molar-refractivity contribution in [3.8, 4) is 0 Å². The smallest absolute Gasteiger partial charge is 0.291 e. The Bertz CT molecular complexity index is 1470. The summed E-state index contributed by atoms with van der Waals surface area (Å²) in [5.74, 6) is -1.08. The number of nitrogens with one attached hydrogen (secondary N) is 2. The summed E-state index contributed by atoms with van der Waals surface area (Å²) in [5.41, 5.74) is 1.86. The van der Waals surface area contributed by atoms with Crippen molar-refractivity contribution in [2.24, 2.45) is 0 Å². The number of furan rings is 1. The van der Waals surface area contributed by atoms with E-state index in [1.165, 1.54) is 6.26 Å². The van der Waals surface area contributed by atoms with Crippen LogP contribution in [0.15, 0.2) is 122 Å². The third-order valence-corrected chi connectivity index (χ3v) is 6.83. The third kappa shape index (κ3) is 4.98. The Morgan fingerprint density at radius 1 is 0.833 bits per heavy atom. The molecular weight excluding hydrogens is 542 g/mol. The van der Waals surface area contributed by atoms with Crippen molar-refractivity contribution in [2.75, 3.05) is 15.5 Å². The Morgan fingerprint density at radius 2 is 1.61 bits per heavy atom. The van der Waals surface area contributed by atoms with Crippen LogP contribution in [0.2, 0.25) is 0 Å². The van der Waals surface area contributed by atoms with Crippen molar-refractivity contribution in [3.05, 3.63) is 118 Å². The number of amides is 3. The zero-order chi connectivity index (χ0) is 25.1. The molecule has 3 aromatic carbocycles. The summed E-state index contributed by atoms with van der Waals surface area (Å²) in [7, 11) is 0. The molecule has 4 aromatic rings. The predicted octanol–water partition coefficient (Wildman–Crippen LogP) is 6.28. The van der Waals surface area contributed by atoms with Gasteiger partial charge in [-0.25, -0.2) is 4.90 Å². The number of nitrogens with zero attached hydrogens (tertiary/aromatic N) is 1. The molecule has 0 atom stereocenters. The minimum Gasteiger partial charge on any atom is -0.459 e. The average Bonchev–Trinajstić information content (AvgIpc) is 3.50. The molecule has 0 bridgehead atoms.